The third kappa shape index (κ3) is 2.88. The summed E-state index contributed by atoms with van der Waals surface area (Å²) >= 11 is 0. The molecule has 0 radical (unpaired) electrons. The molecule has 3 rings (SSSR count). The number of hydrogen-bond donors (Lipinski definition) is 2. The first kappa shape index (κ1) is 15.8. The van der Waals surface area contributed by atoms with Crippen molar-refractivity contribution in [1.82, 2.24) is 9.55 Å². The van der Waals surface area contributed by atoms with Gasteiger partial charge in [-0.05, 0) is 37.6 Å². The summed E-state index contributed by atoms with van der Waals surface area (Å²) in [6.45, 7) is 3.87. The van der Waals surface area contributed by atoms with Gasteiger partial charge in [0.25, 0.3) is 5.91 Å². The molecule has 2 N–H and O–H groups in total. The topological polar surface area (TPSA) is 67.2 Å². The Balaban J connectivity index is 2.00. The van der Waals surface area contributed by atoms with Crippen LogP contribution in [0.4, 0.5) is 5.69 Å². The van der Waals surface area contributed by atoms with E-state index in [-0.39, 0.29) is 11.7 Å². The van der Waals surface area contributed by atoms with Crippen molar-refractivity contribution in [2.45, 2.75) is 20.3 Å². The normalized spacial score (nSPS) is 10.6. The molecule has 0 unspecified atom stereocenters. The molecule has 0 aliphatic rings. The summed E-state index contributed by atoms with van der Waals surface area (Å²) in [7, 11) is 0. The number of aryl methyl sites for hydroxylation is 1. The highest BCUT2D eigenvalue weighted by molar-refractivity contribution is 6.04. The van der Waals surface area contributed by atoms with Crippen LogP contribution < -0.4 is 5.32 Å². The average Bonchev–Trinajstić information content (AvgIpc) is 2.94. The summed E-state index contributed by atoms with van der Waals surface area (Å²) in [5, 5.41) is 12.6. The number of hydrogen-bond acceptors (Lipinski definition) is 3. The number of phenolic OH excluding ortho intramolecular Hbond substituents is 1. The maximum Gasteiger partial charge on any atom is 0.276 e. The first-order valence-corrected chi connectivity index (χ1v) is 7.84. The first-order chi connectivity index (χ1) is 11.6. The zero-order chi connectivity index (χ0) is 17.1. The van der Waals surface area contributed by atoms with Gasteiger partial charge in [-0.2, -0.15) is 0 Å². The minimum atomic E-state index is -0.328. The summed E-state index contributed by atoms with van der Waals surface area (Å²) in [5.41, 5.74) is 2.56. The Morgan fingerprint density at radius 3 is 2.46 bits per heavy atom. The fraction of sp³-hybridized carbons (Fsp3) is 0.158. The number of para-hydroxylation sites is 3. The Hall–Kier alpha value is -3.08. The Kier molecular flexibility index (Phi) is 4.33. The van der Waals surface area contributed by atoms with E-state index in [1.807, 2.05) is 48.7 Å². The van der Waals surface area contributed by atoms with Crippen molar-refractivity contribution >= 4 is 11.6 Å². The lowest BCUT2D eigenvalue weighted by Gasteiger charge is -2.10. The maximum atomic E-state index is 12.6. The molecule has 0 atom stereocenters. The van der Waals surface area contributed by atoms with E-state index in [1.165, 1.54) is 6.07 Å². The van der Waals surface area contributed by atoms with Gasteiger partial charge < -0.3 is 15.0 Å². The standard InChI is InChI=1S/C19H19N3O2/c1-3-16-18(19(24)21-15-11-7-8-12-17(15)23)20-13(2)22(16)14-9-5-4-6-10-14/h4-12,23H,3H2,1-2H3,(H,21,24). The van der Waals surface area contributed by atoms with Gasteiger partial charge in [0.15, 0.2) is 0 Å². The van der Waals surface area contributed by atoms with E-state index < -0.39 is 0 Å². The minimum absolute atomic E-state index is 0.0307. The molecule has 0 saturated heterocycles. The van der Waals surface area contributed by atoms with Gasteiger partial charge in [0.1, 0.15) is 17.3 Å². The number of carbonyl (C=O) groups is 1. The van der Waals surface area contributed by atoms with E-state index in [0.29, 0.717) is 17.8 Å². The molecule has 0 bridgehead atoms. The zero-order valence-corrected chi connectivity index (χ0v) is 13.7. The number of carbonyl (C=O) groups excluding carboxylic acids is 1. The highest BCUT2D eigenvalue weighted by Crippen LogP contribution is 2.24. The molecular weight excluding hydrogens is 302 g/mol. The number of nitrogens with zero attached hydrogens (tertiary/aromatic N) is 2. The summed E-state index contributed by atoms with van der Waals surface area (Å²) in [6, 6.07) is 16.5. The second-order valence-electron chi connectivity index (χ2n) is 5.45. The Labute approximate surface area is 140 Å². The fourth-order valence-corrected chi connectivity index (χ4v) is 2.77. The molecule has 122 valence electrons. The van der Waals surface area contributed by atoms with Gasteiger partial charge in [-0.15, -0.1) is 0 Å². The second-order valence-corrected chi connectivity index (χ2v) is 5.45. The molecule has 2 aromatic carbocycles. The van der Waals surface area contributed by atoms with Crippen LogP contribution in [0.1, 0.15) is 28.9 Å². The lowest BCUT2D eigenvalue weighted by molar-refractivity contribution is 0.102. The molecule has 0 aliphatic carbocycles. The number of rotatable bonds is 4. The van der Waals surface area contributed by atoms with Gasteiger partial charge in [-0.25, -0.2) is 4.98 Å². The Morgan fingerprint density at radius 2 is 1.79 bits per heavy atom. The van der Waals surface area contributed by atoms with Crippen molar-refractivity contribution in [2.24, 2.45) is 0 Å². The second kappa shape index (κ2) is 6.58. The molecule has 1 amide bonds. The van der Waals surface area contributed by atoms with Crippen molar-refractivity contribution in [3.63, 3.8) is 0 Å². The minimum Gasteiger partial charge on any atom is -0.506 e. The number of amides is 1. The monoisotopic (exact) mass is 321 g/mol. The molecule has 3 aromatic rings. The first-order valence-electron chi connectivity index (χ1n) is 7.84. The summed E-state index contributed by atoms with van der Waals surface area (Å²) in [4.78, 5) is 17.1. The van der Waals surface area contributed by atoms with Crippen LogP contribution in [0.15, 0.2) is 54.6 Å². The van der Waals surface area contributed by atoms with E-state index >= 15 is 0 Å². The van der Waals surface area contributed by atoms with Crippen LogP contribution in [0.2, 0.25) is 0 Å². The molecule has 5 heteroatoms. The third-order valence-corrected chi connectivity index (χ3v) is 3.86. The van der Waals surface area contributed by atoms with Crippen LogP contribution >= 0.6 is 0 Å². The quantitative estimate of drug-likeness (QED) is 0.720. The lowest BCUT2D eigenvalue weighted by atomic mass is 10.2. The largest absolute Gasteiger partial charge is 0.506 e. The van der Waals surface area contributed by atoms with E-state index in [2.05, 4.69) is 10.3 Å². The van der Waals surface area contributed by atoms with Crippen LogP contribution in [-0.4, -0.2) is 20.6 Å². The van der Waals surface area contributed by atoms with E-state index in [0.717, 1.165) is 17.2 Å². The fourth-order valence-electron chi connectivity index (χ4n) is 2.77. The summed E-state index contributed by atoms with van der Waals surface area (Å²) < 4.78 is 1.99. The molecule has 24 heavy (non-hydrogen) atoms. The number of imidazole rings is 1. The van der Waals surface area contributed by atoms with Crippen LogP contribution in [0, 0.1) is 6.92 Å². The predicted molar refractivity (Wildman–Crippen MR) is 93.7 cm³/mol. The van der Waals surface area contributed by atoms with Crippen LogP contribution in [0.3, 0.4) is 0 Å². The van der Waals surface area contributed by atoms with Gasteiger partial charge >= 0.3 is 0 Å². The van der Waals surface area contributed by atoms with Crippen LogP contribution in [0.25, 0.3) is 5.69 Å². The van der Waals surface area contributed by atoms with Crippen LogP contribution in [0.5, 0.6) is 5.75 Å². The van der Waals surface area contributed by atoms with Gasteiger partial charge in [-0.1, -0.05) is 37.3 Å². The lowest BCUT2D eigenvalue weighted by Crippen LogP contribution is -2.15. The molecule has 0 spiro atoms. The molecule has 1 heterocycles. The SMILES string of the molecule is CCc1c(C(=O)Nc2ccccc2O)nc(C)n1-c1ccccc1. The highest BCUT2D eigenvalue weighted by atomic mass is 16.3. The highest BCUT2D eigenvalue weighted by Gasteiger charge is 2.21. The van der Waals surface area contributed by atoms with Gasteiger partial charge in [0.2, 0.25) is 0 Å². The molecule has 5 nitrogen and oxygen atoms in total. The van der Waals surface area contributed by atoms with Crippen LogP contribution in [-0.2, 0) is 6.42 Å². The molecule has 1 aromatic heterocycles. The summed E-state index contributed by atoms with van der Waals surface area (Å²) in [5.74, 6) is 0.453. The van der Waals surface area contributed by atoms with Crippen molar-refractivity contribution in [3.05, 3.63) is 71.8 Å². The molecular formula is C19H19N3O2. The molecule has 0 saturated carbocycles. The van der Waals surface area contributed by atoms with Gasteiger partial charge in [0, 0.05) is 5.69 Å². The van der Waals surface area contributed by atoms with Crippen molar-refractivity contribution in [1.29, 1.82) is 0 Å². The van der Waals surface area contributed by atoms with E-state index in [9.17, 15) is 9.90 Å². The average molecular weight is 321 g/mol. The predicted octanol–water partition coefficient (Wildman–Crippen LogP) is 3.70. The van der Waals surface area contributed by atoms with E-state index in [4.69, 9.17) is 0 Å². The smallest absolute Gasteiger partial charge is 0.276 e. The summed E-state index contributed by atoms with van der Waals surface area (Å²) in [6.07, 6.45) is 0.666. The number of aromatic nitrogens is 2. The van der Waals surface area contributed by atoms with Crippen molar-refractivity contribution < 1.29 is 9.90 Å². The number of anilines is 1. The van der Waals surface area contributed by atoms with Gasteiger partial charge in [0.05, 0.1) is 11.4 Å². The number of nitrogens with one attached hydrogen (secondary N) is 1. The van der Waals surface area contributed by atoms with Crippen molar-refractivity contribution in [3.8, 4) is 11.4 Å². The zero-order valence-electron chi connectivity index (χ0n) is 13.7. The number of phenols is 1. The van der Waals surface area contributed by atoms with Crippen molar-refractivity contribution in [2.75, 3.05) is 5.32 Å². The maximum absolute atomic E-state index is 12.6. The third-order valence-electron chi connectivity index (χ3n) is 3.86. The Bertz CT molecular complexity index is 870. The number of benzene rings is 2. The van der Waals surface area contributed by atoms with Gasteiger partial charge in [-0.3, -0.25) is 4.79 Å². The number of aromatic hydroxyl groups is 1. The van der Waals surface area contributed by atoms with E-state index in [1.54, 1.807) is 18.2 Å². The Morgan fingerprint density at radius 1 is 1.12 bits per heavy atom. The molecule has 0 fully saturated rings. The molecule has 0 aliphatic heterocycles.